The average molecular weight is 368 g/mol. The highest BCUT2D eigenvalue weighted by Crippen LogP contribution is 2.61. The van der Waals surface area contributed by atoms with Gasteiger partial charge in [-0.05, 0) is 23.1 Å². The summed E-state index contributed by atoms with van der Waals surface area (Å²) in [5.41, 5.74) is 2.86. The number of hydrogen-bond donors (Lipinski definition) is 4. The lowest BCUT2D eigenvalue weighted by Gasteiger charge is -2.17. The van der Waals surface area contributed by atoms with Crippen molar-refractivity contribution in [1.29, 1.82) is 0 Å². The second-order valence-corrected chi connectivity index (χ2v) is 9.30. The molecule has 0 aliphatic carbocycles. The quantitative estimate of drug-likeness (QED) is 0.581. The van der Waals surface area contributed by atoms with Crippen LogP contribution in [0, 0.1) is 0 Å². The lowest BCUT2D eigenvalue weighted by Crippen LogP contribution is -2.07. The first-order valence-electron chi connectivity index (χ1n) is 7.10. The maximum absolute atomic E-state index is 11.2. The second-order valence-electron chi connectivity index (χ2n) is 5.28. The summed E-state index contributed by atoms with van der Waals surface area (Å²) in [7, 11) is -9.76. The van der Waals surface area contributed by atoms with Crippen molar-refractivity contribution >= 4 is 21.3 Å². The number of benzene rings is 2. The fourth-order valence-corrected chi connectivity index (χ4v) is 4.57. The monoisotopic (exact) mass is 368 g/mol. The largest absolute Gasteiger partial charge is 0.341 e. The average Bonchev–Trinajstić information content (AvgIpc) is 2.50. The minimum absolute atomic E-state index is 0.408. The van der Waals surface area contributed by atoms with E-state index < -0.39 is 27.0 Å². The Morgan fingerprint density at radius 1 is 0.792 bits per heavy atom. The maximum Gasteiger partial charge on any atom is 0.341 e. The van der Waals surface area contributed by atoms with Crippen LogP contribution in [-0.4, -0.2) is 25.0 Å². The van der Waals surface area contributed by atoms with Gasteiger partial charge in [0.1, 0.15) is 0 Å². The van der Waals surface area contributed by atoms with Crippen molar-refractivity contribution in [3.05, 3.63) is 66.2 Å². The molecule has 2 rings (SSSR count). The van der Waals surface area contributed by atoms with E-state index in [1.54, 1.807) is 6.08 Å². The predicted molar refractivity (Wildman–Crippen MR) is 93.4 cm³/mol. The number of hydrogen-bond acceptors (Lipinski definition) is 2. The Morgan fingerprint density at radius 2 is 1.29 bits per heavy atom. The van der Waals surface area contributed by atoms with E-state index in [0.717, 1.165) is 16.7 Å². The minimum Gasteiger partial charge on any atom is -0.324 e. The third-order valence-corrected chi connectivity index (χ3v) is 7.23. The van der Waals surface area contributed by atoms with Crippen LogP contribution in [0.4, 0.5) is 0 Å². The Bertz CT molecular complexity index is 767. The summed E-state index contributed by atoms with van der Waals surface area (Å²) in [6.45, 7) is 0. The van der Waals surface area contributed by atoms with Crippen molar-refractivity contribution in [2.24, 2.45) is 0 Å². The van der Waals surface area contributed by atoms with Gasteiger partial charge in [-0.1, -0.05) is 66.7 Å². The molecule has 0 unspecified atom stereocenters. The fraction of sp³-hybridized carbons (Fsp3) is 0.125. The molecule has 128 valence electrons. The van der Waals surface area contributed by atoms with E-state index in [9.17, 15) is 9.13 Å². The van der Waals surface area contributed by atoms with Gasteiger partial charge in [0.2, 0.25) is 0 Å². The van der Waals surface area contributed by atoms with Crippen LogP contribution in [0.5, 0.6) is 0 Å². The highest BCUT2D eigenvalue weighted by Gasteiger charge is 2.42. The zero-order valence-electron chi connectivity index (χ0n) is 12.6. The van der Waals surface area contributed by atoms with E-state index >= 15 is 0 Å². The summed E-state index contributed by atoms with van der Waals surface area (Å²) in [5, 5.41) is -2.01. The van der Waals surface area contributed by atoms with Crippen molar-refractivity contribution in [3.8, 4) is 11.1 Å². The molecule has 0 heterocycles. The molecule has 6 nitrogen and oxygen atoms in total. The minimum atomic E-state index is -4.88. The van der Waals surface area contributed by atoms with E-state index in [2.05, 4.69) is 0 Å². The molecule has 8 heteroatoms. The van der Waals surface area contributed by atoms with Gasteiger partial charge >= 0.3 is 15.2 Å². The molecule has 0 saturated carbocycles. The van der Waals surface area contributed by atoms with Crippen LogP contribution >= 0.6 is 15.2 Å². The molecule has 0 aliphatic rings. The highest BCUT2D eigenvalue weighted by molar-refractivity contribution is 7.70. The molecule has 24 heavy (non-hydrogen) atoms. The zero-order valence-corrected chi connectivity index (χ0v) is 14.4. The van der Waals surface area contributed by atoms with Crippen molar-refractivity contribution < 1.29 is 28.7 Å². The van der Waals surface area contributed by atoms with E-state index in [0.29, 0.717) is 0 Å². The molecular formula is C16H18O6P2. The lowest BCUT2D eigenvalue weighted by molar-refractivity contribution is 0.339. The summed E-state index contributed by atoms with van der Waals surface area (Å²) in [5.74, 6) is 0. The molecule has 0 radical (unpaired) electrons. The molecule has 0 saturated heterocycles. The smallest absolute Gasteiger partial charge is 0.324 e. The molecule has 2 aromatic carbocycles. The van der Waals surface area contributed by atoms with Gasteiger partial charge in [0.15, 0.2) is 5.40 Å². The third-order valence-electron chi connectivity index (χ3n) is 3.45. The zero-order chi connectivity index (χ0) is 17.8. The molecule has 0 aliphatic heterocycles. The van der Waals surface area contributed by atoms with Crippen LogP contribution in [0.1, 0.15) is 12.0 Å². The van der Waals surface area contributed by atoms with E-state index in [1.807, 2.05) is 54.6 Å². The first-order valence-corrected chi connectivity index (χ1v) is 10.5. The molecule has 0 bridgehead atoms. The van der Waals surface area contributed by atoms with Crippen LogP contribution in [-0.2, 0) is 9.13 Å². The Morgan fingerprint density at radius 3 is 1.79 bits per heavy atom. The van der Waals surface area contributed by atoms with Gasteiger partial charge in [0.05, 0.1) is 0 Å². The first-order chi connectivity index (χ1) is 11.2. The van der Waals surface area contributed by atoms with Gasteiger partial charge in [0.25, 0.3) is 0 Å². The van der Waals surface area contributed by atoms with Crippen molar-refractivity contribution in [2.45, 2.75) is 11.8 Å². The Kier molecular flexibility index (Phi) is 5.94. The van der Waals surface area contributed by atoms with Crippen LogP contribution in [0.25, 0.3) is 17.2 Å². The topological polar surface area (TPSA) is 115 Å². The summed E-state index contributed by atoms with van der Waals surface area (Å²) >= 11 is 0. The van der Waals surface area contributed by atoms with Crippen LogP contribution < -0.4 is 0 Å². The maximum atomic E-state index is 11.2. The summed E-state index contributed by atoms with van der Waals surface area (Å²) in [4.78, 5) is 36.2. The molecule has 0 atom stereocenters. The van der Waals surface area contributed by atoms with Gasteiger partial charge in [-0.25, -0.2) is 0 Å². The molecule has 0 aromatic heterocycles. The molecule has 4 N–H and O–H groups in total. The van der Waals surface area contributed by atoms with Crippen LogP contribution in [0.2, 0.25) is 0 Å². The lowest BCUT2D eigenvalue weighted by atomic mass is 10.0. The van der Waals surface area contributed by atoms with Gasteiger partial charge < -0.3 is 19.6 Å². The molecule has 0 amide bonds. The number of rotatable bonds is 6. The molecule has 0 spiro atoms. The van der Waals surface area contributed by atoms with E-state index in [1.165, 1.54) is 6.08 Å². The summed E-state index contributed by atoms with van der Waals surface area (Å²) in [6, 6.07) is 17.2. The SMILES string of the molecule is O=P(O)(O)C(C/C=C\c1ccc(-c2ccccc2)cc1)P(=O)(O)O. The molecule has 0 fully saturated rings. The van der Waals surface area contributed by atoms with E-state index in [4.69, 9.17) is 19.6 Å². The summed E-state index contributed by atoms with van der Waals surface area (Å²) in [6.07, 6.45) is 2.53. The standard InChI is InChI=1S/C16H18O6P2/c17-23(18,19)16(24(20,21)22)8-4-5-13-9-11-15(12-10-13)14-6-2-1-3-7-14/h1-7,9-12,16H,8H2,(H2,17,18,19)(H2,20,21,22)/b5-4-. The molecular weight excluding hydrogens is 350 g/mol. The summed E-state index contributed by atoms with van der Waals surface area (Å²) < 4.78 is 22.4. The second kappa shape index (κ2) is 7.58. The highest BCUT2D eigenvalue weighted by atomic mass is 31.2. The van der Waals surface area contributed by atoms with Crippen LogP contribution in [0.15, 0.2) is 60.7 Å². The first kappa shape index (κ1) is 18.8. The van der Waals surface area contributed by atoms with Gasteiger partial charge in [-0.15, -0.1) is 0 Å². The Hall–Kier alpha value is -1.52. The van der Waals surface area contributed by atoms with Gasteiger partial charge in [0, 0.05) is 0 Å². The van der Waals surface area contributed by atoms with Crippen molar-refractivity contribution in [2.75, 3.05) is 0 Å². The normalized spacial score (nSPS) is 12.9. The van der Waals surface area contributed by atoms with Gasteiger partial charge in [-0.2, -0.15) is 0 Å². The fourth-order valence-electron chi connectivity index (χ4n) is 2.21. The van der Waals surface area contributed by atoms with Crippen LogP contribution in [0.3, 0.4) is 0 Å². The Labute approximate surface area is 139 Å². The van der Waals surface area contributed by atoms with Crippen molar-refractivity contribution in [3.63, 3.8) is 0 Å². The van der Waals surface area contributed by atoms with E-state index in [-0.39, 0.29) is 0 Å². The predicted octanol–water partition coefficient (Wildman–Crippen LogP) is 3.44. The number of allylic oxidation sites excluding steroid dienone is 1. The third kappa shape index (κ3) is 5.25. The molecule has 2 aromatic rings. The van der Waals surface area contributed by atoms with Gasteiger partial charge in [-0.3, -0.25) is 9.13 Å². The Balaban J connectivity index is 2.10. The van der Waals surface area contributed by atoms with Crippen molar-refractivity contribution in [1.82, 2.24) is 0 Å².